The van der Waals surface area contributed by atoms with Crippen LogP contribution in [0.3, 0.4) is 0 Å². The Morgan fingerprint density at radius 3 is 2.95 bits per heavy atom. The molecule has 1 N–H and O–H groups in total. The van der Waals surface area contributed by atoms with Gasteiger partial charge in [0.1, 0.15) is 0 Å². The third kappa shape index (κ3) is 3.81. The minimum absolute atomic E-state index is 0.111. The molecule has 1 aromatic heterocycles. The number of hydrogen-bond donors (Lipinski definition) is 1. The van der Waals surface area contributed by atoms with Crippen LogP contribution in [0.4, 0.5) is 11.4 Å². The van der Waals surface area contributed by atoms with Gasteiger partial charge in [-0.1, -0.05) is 26.0 Å². The first-order valence-corrected chi connectivity index (χ1v) is 6.54. The molecule has 0 aliphatic rings. The van der Waals surface area contributed by atoms with Gasteiger partial charge in [0.25, 0.3) is 5.69 Å². The van der Waals surface area contributed by atoms with Crippen LogP contribution in [-0.2, 0) is 13.1 Å². The quantitative estimate of drug-likeness (QED) is 0.649. The number of nitro groups is 1. The van der Waals surface area contributed by atoms with Crippen molar-refractivity contribution in [1.29, 1.82) is 0 Å². The SMILES string of the molecule is CC(C)Cn1cc(NCc2cccc([N+](=O)[O-])c2)cn1. The third-order valence-electron chi connectivity index (χ3n) is 2.80. The van der Waals surface area contributed by atoms with Gasteiger partial charge >= 0.3 is 0 Å². The predicted octanol–water partition coefficient (Wildman–Crippen LogP) is 3.06. The summed E-state index contributed by atoms with van der Waals surface area (Å²) in [5.41, 5.74) is 1.90. The van der Waals surface area contributed by atoms with Gasteiger partial charge in [-0.3, -0.25) is 14.8 Å². The first-order chi connectivity index (χ1) is 9.54. The Morgan fingerprint density at radius 2 is 2.25 bits per heavy atom. The van der Waals surface area contributed by atoms with Gasteiger partial charge in [0.2, 0.25) is 0 Å². The van der Waals surface area contributed by atoms with E-state index in [0.717, 1.165) is 17.8 Å². The number of rotatable bonds is 6. The predicted molar refractivity (Wildman–Crippen MR) is 77.5 cm³/mol. The van der Waals surface area contributed by atoms with Crippen molar-refractivity contribution in [2.24, 2.45) is 5.92 Å². The molecule has 0 saturated heterocycles. The number of hydrogen-bond acceptors (Lipinski definition) is 4. The van der Waals surface area contributed by atoms with E-state index in [1.807, 2.05) is 16.9 Å². The van der Waals surface area contributed by atoms with Crippen molar-refractivity contribution >= 4 is 11.4 Å². The molecule has 0 fully saturated rings. The number of benzene rings is 1. The van der Waals surface area contributed by atoms with Crippen molar-refractivity contribution in [3.8, 4) is 0 Å². The Kier molecular flexibility index (Phi) is 4.34. The number of nitrogens with zero attached hydrogens (tertiary/aromatic N) is 3. The summed E-state index contributed by atoms with van der Waals surface area (Å²) in [5.74, 6) is 0.541. The van der Waals surface area contributed by atoms with E-state index in [1.165, 1.54) is 6.07 Å². The largest absolute Gasteiger partial charge is 0.378 e. The number of anilines is 1. The monoisotopic (exact) mass is 274 g/mol. The van der Waals surface area contributed by atoms with E-state index < -0.39 is 0 Å². The van der Waals surface area contributed by atoms with E-state index in [4.69, 9.17) is 0 Å². The number of nitrogens with one attached hydrogen (secondary N) is 1. The second-order valence-electron chi connectivity index (χ2n) is 5.13. The average Bonchev–Trinajstić information content (AvgIpc) is 2.83. The number of aromatic nitrogens is 2. The van der Waals surface area contributed by atoms with Gasteiger partial charge in [-0.2, -0.15) is 5.10 Å². The lowest BCUT2D eigenvalue weighted by atomic mass is 10.2. The summed E-state index contributed by atoms with van der Waals surface area (Å²) in [7, 11) is 0. The topological polar surface area (TPSA) is 73.0 Å². The minimum atomic E-state index is -0.385. The lowest BCUT2D eigenvalue weighted by molar-refractivity contribution is -0.384. The molecule has 0 radical (unpaired) electrons. The molecule has 0 saturated carbocycles. The van der Waals surface area contributed by atoms with Gasteiger partial charge in [-0.05, 0) is 11.5 Å². The van der Waals surface area contributed by atoms with Crippen LogP contribution in [-0.4, -0.2) is 14.7 Å². The van der Waals surface area contributed by atoms with Gasteiger partial charge in [-0.25, -0.2) is 0 Å². The maximum atomic E-state index is 10.7. The molecule has 0 spiro atoms. The normalized spacial score (nSPS) is 10.8. The highest BCUT2D eigenvalue weighted by Crippen LogP contribution is 2.15. The minimum Gasteiger partial charge on any atom is -0.378 e. The van der Waals surface area contributed by atoms with Crippen LogP contribution >= 0.6 is 0 Å². The third-order valence-corrected chi connectivity index (χ3v) is 2.80. The summed E-state index contributed by atoms with van der Waals surface area (Å²) < 4.78 is 1.89. The Bertz CT molecular complexity index is 592. The fourth-order valence-electron chi connectivity index (χ4n) is 1.91. The molecule has 0 unspecified atom stereocenters. The lowest BCUT2D eigenvalue weighted by Crippen LogP contribution is -2.04. The van der Waals surface area contributed by atoms with Crippen LogP contribution in [0.25, 0.3) is 0 Å². The van der Waals surface area contributed by atoms with Crippen molar-refractivity contribution < 1.29 is 4.92 Å². The highest BCUT2D eigenvalue weighted by atomic mass is 16.6. The summed E-state index contributed by atoms with van der Waals surface area (Å²) in [5, 5.41) is 18.2. The highest BCUT2D eigenvalue weighted by molar-refractivity contribution is 5.41. The molecule has 1 heterocycles. The first kappa shape index (κ1) is 14.0. The summed E-state index contributed by atoms with van der Waals surface area (Å²) in [6.07, 6.45) is 3.71. The van der Waals surface area contributed by atoms with E-state index in [0.29, 0.717) is 12.5 Å². The Balaban J connectivity index is 1.96. The van der Waals surface area contributed by atoms with Crippen LogP contribution in [0, 0.1) is 16.0 Å². The van der Waals surface area contributed by atoms with Gasteiger partial charge in [-0.15, -0.1) is 0 Å². The molecule has 6 nitrogen and oxygen atoms in total. The summed E-state index contributed by atoms with van der Waals surface area (Å²) in [6, 6.07) is 6.62. The molecule has 106 valence electrons. The van der Waals surface area contributed by atoms with E-state index in [2.05, 4.69) is 24.3 Å². The van der Waals surface area contributed by atoms with E-state index in [1.54, 1.807) is 18.3 Å². The average molecular weight is 274 g/mol. The molecule has 0 aliphatic heterocycles. The van der Waals surface area contributed by atoms with Gasteiger partial charge in [0.15, 0.2) is 0 Å². The van der Waals surface area contributed by atoms with Gasteiger partial charge in [0.05, 0.1) is 16.8 Å². The number of non-ortho nitro benzene ring substituents is 1. The smallest absolute Gasteiger partial charge is 0.269 e. The van der Waals surface area contributed by atoms with E-state index in [9.17, 15) is 10.1 Å². The molecular formula is C14H18N4O2. The highest BCUT2D eigenvalue weighted by Gasteiger charge is 2.06. The molecule has 1 aromatic carbocycles. The summed E-state index contributed by atoms with van der Waals surface area (Å²) in [6.45, 7) is 5.68. The van der Waals surface area contributed by atoms with Crippen LogP contribution < -0.4 is 5.32 Å². The van der Waals surface area contributed by atoms with Crippen molar-refractivity contribution in [2.75, 3.05) is 5.32 Å². The standard InChI is InChI=1S/C14H18N4O2/c1-11(2)9-17-10-13(8-16-17)15-7-12-4-3-5-14(6-12)18(19)20/h3-6,8,10-11,15H,7,9H2,1-2H3. The zero-order valence-corrected chi connectivity index (χ0v) is 11.6. The summed E-state index contributed by atoms with van der Waals surface area (Å²) >= 11 is 0. The van der Waals surface area contributed by atoms with E-state index >= 15 is 0 Å². The lowest BCUT2D eigenvalue weighted by Gasteiger charge is -2.05. The fraction of sp³-hybridized carbons (Fsp3) is 0.357. The summed E-state index contributed by atoms with van der Waals surface area (Å²) in [4.78, 5) is 10.3. The van der Waals surface area contributed by atoms with Crippen LogP contribution in [0.5, 0.6) is 0 Å². The molecule has 2 aromatic rings. The zero-order chi connectivity index (χ0) is 14.5. The Labute approximate surface area is 117 Å². The molecular weight excluding hydrogens is 256 g/mol. The Hall–Kier alpha value is -2.37. The second kappa shape index (κ2) is 6.18. The Morgan fingerprint density at radius 1 is 1.45 bits per heavy atom. The zero-order valence-electron chi connectivity index (χ0n) is 11.6. The van der Waals surface area contributed by atoms with Crippen molar-refractivity contribution in [3.63, 3.8) is 0 Å². The molecule has 0 bridgehead atoms. The maximum Gasteiger partial charge on any atom is 0.269 e. The molecule has 2 rings (SSSR count). The van der Waals surface area contributed by atoms with Crippen molar-refractivity contribution in [1.82, 2.24) is 9.78 Å². The van der Waals surface area contributed by atoms with Gasteiger partial charge < -0.3 is 5.32 Å². The fourth-order valence-corrected chi connectivity index (χ4v) is 1.91. The molecule has 0 aliphatic carbocycles. The molecule has 6 heteroatoms. The molecule has 0 atom stereocenters. The maximum absolute atomic E-state index is 10.7. The van der Waals surface area contributed by atoms with Crippen LogP contribution in [0.1, 0.15) is 19.4 Å². The number of nitro benzene ring substituents is 1. The molecule has 0 amide bonds. The van der Waals surface area contributed by atoms with Gasteiger partial charge in [0, 0.05) is 31.4 Å². The second-order valence-corrected chi connectivity index (χ2v) is 5.13. The molecule has 20 heavy (non-hydrogen) atoms. The van der Waals surface area contributed by atoms with Crippen LogP contribution in [0.2, 0.25) is 0 Å². The van der Waals surface area contributed by atoms with Crippen molar-refractivity contribution in [3.05, 3.63) is 52.3 Å². The van der Waals surface area contributed by atoms with Crippen LogP contribution in [0.15, 0.2) is 36.7 Å². The first-order valence-electron chi connectivity index (χ1n) is 6.54. The van der Waals surface area contributed by atoms with Crippen molar-refractivity contribution in [2.45, 2.75) is 26.9 Å². The van der Waals surface area contributed by atoms with E-state index in [-0.39, 0.29) is 10.6 Å².